The molecule has 2 unspecified atom stereocenters. The van der Waals surface area contributed by atoms with Crippen molar-refractivity contribution >= 4 is 11.8 Å². The molecule has 0 aliphatic carbocycles. The molecule has 0 amide bonds. The van der Waals surface area contributed by atoms with Crippen molar-refractivity contribution in [3.63, 3.8) is 0 Å². The summed E-state index contributed by atoms with van der Waals surface area (Å²) in [7, 11) is 2.17. The summed E-state index contributed by atoms with van der Waals surface area (Å²) in [4.78, 5) is 2.39. The Morgan fingerprint density at radius 1 is 1.73 bits per heavy atom. The van der Waals surface area contributed by atoms with Gasteiger partial charge in [0.2, 0.25) is 0 Å². The molecule has 1 aliphatic rings. The molecule has 0 radical (unpaired) electrons. The highest BCUT2D eigenvalue weighted by Crippen LogP contribution is 2.28. The van der Waals surface area contributed by atoms with E-state index in [0.717, 1.165) is 0 Å². The summed E-state index contributed by atoms with van der Waals surface area (Å²) in [6, 6.07) is 2.97. The van der Waals surface area contributed by atoms with Crippen molar-refractivity contribution in [3.8, 4) is 0 Å². The van der Waals surface area contributed by atoms with Crippen molar-refractivity contribution in [1.29, 1.82) is 0 Å². The van der Waals surface area contributed by atoms with Crippen molar-refractivity contribution in [2.75, 3.05) is 25.1 Å². The first-order valence-electron chi connectivity index (χ1n) is 5.34. The van der Waals surface area contributed by atoms with E-state index in [1.807, 2.05) is 17.8 Å². The molecule has 84 valence electrons. The quantitative estimate of drug-likeness (QED) is 0.849. The second-order valence-corrected chi connectivity index (χ2v) is 5.14. The zero-order valence-corrected chi connectivity index (χ0v) is 9.87. The summed E-state index contributed by atoms with van der Waals surface area (Å²) < 4.78 is 5.12. The van der Waals surface area contributed by atoms with Crippen LogP contribution in [0.1, 0.15) is 18.0 Å². The fraction of sp³-hybridized carbons (Fsp3) is 0.636. The number of furan rings is 1. The Kier molecular flexibility index (Phi) is 3.72. The highest BCUT2D eigenvalue weighted by Gasteiger charge is 2.26. The molecule has 2 atom stereocenters. The Labute approximate surface area is 95.0 Å². The average Bonchev–Trinajstić information content (AvgIpc) is 2.91. The van der Waals surface area contributed by atoms with Crippen molar-refractivity contribution in [2.24, 2.45) is 5.73 Å². The van der Waals surface area contributed by atoms with Crippen LogP contribution < -0.4 is 5.73 Å². The van der Waals surface area contributed by atoms with Gasteiger partial charge in [-0.15, -0.1) is 0 Å². The topological polar surface area (TPSA) is 42.4 Å². The minimum Gasteiger partial charge on any atom is -0.472 e. The molecule has 2 rings (SSSR count). The highest BCUT2D eigenvalue weighted by atomic mass is 32.2. The van der Waals surface area contributed by atoms with Crippen LogP contribution in [0.3, 0.4) is 0 Å². The molecule has 15 heavy (non-hydrogen) atoms. The van der Waals surface area contributed by atoms with Gasteiger partial charge in [0.05, 0.1) is 18.6 Å². The minimum atomic E-state index is 0.299. The van der Waals surface area contributed by atoms with Gasteiger partial charge in [-0.3, -0.25) is 4.90 Å². The molecule has 1 fully saturated rings. The van der Waals surface area contributed by atoms with Crippen LogP contribution in [0.5, 0.6) is 0 Å². The smallest absolute Gasteiger partial charge is 0.0950 e. The fourth-order valence-electron chi connectivity index (χ4n) is 2.10. The normalized spacial score (nSPS) is 23.5. The molecular weight excluding hydrogens is 208 g/mol. The van der Waals surface area contributed by atoms with E-state index in [2.05, 4.69) is 11.9 Å². The molecule has 0 bridgehead atoms. The van der Waals surface area contributed by atoms with Gasteiger partial charge in [0.1, 0.15) is 0 Å². The molecule has 0 spiro atoms. The van der Waals surface area contributed by atoms with Crippen LogP contribution in [-0.2, 0) is 0 Å². The van der Waals surface area contributed by atoms with Crippen LogP contribution in [0, 0.1) is 0 Å². The molecule has 3 nitrogen and oxygen atoms in total. The zero-order chi connectivity index (χ0) is 10.7. The van der Waals surface area contributed by atoms with Gasteiger partial charge >= 0.3 is 0 Å². The summed E-state index contributed by atoms with van der Waals surface area (Å²) in [6.07, 6.45) is 4.79. The van der Waals surface area contributed by atoms with Gasteiger partial charge in [-0.1, -0.05) is 0 Å². The maximum atomic E-state index is 5.84. The Morgan fingerprint density at radius 2 is 2.60 bits per heavy atom. The lowest BCUT2D eigenvalue weighted by molar-refractivity contribution is 0.192. The number of hydrogen-bond acceptors (Lipinski definition) is 4. The highest BCUT2D eigenvalue weighted by molar-refractivity contribution is 7.99. The summed E-state index contributed by atoms with van der Waals surface area (Å²) in [6.45, 7) is 0.650. The van der Waals surface area contributed by atoms with E-state index in [1.54, 1.807) is 12.5 Å². The summed E-state index contributed by atoms with van der Waals surface area (Å²) in [5.41, 5.74) is 7.03. The van der Waals surface area contributed by atoms with Crippen molar-refractivity contribution in [2.45, 2.75) is 18.5 Å². The monoisotopic (exact) mass is 226 g/mol. The minimum absolute atomic E-state index is 0.299. The second kappa shape index (κ2) is 5.05. The summed E-state index contributed by atoms with van der Waals surface area (Å²) >= 11 is 2.03. The van der Waals surface area contributed by atoms with E-state index in [9.17, 15) is 0 Å². The molecule has 2 heterocycles. The van der Waals surface area contributed by atoms with Crippen LogP contribution in [0.2, 0.25) is 0 Å². The summed E-state index contributed by atoms with van der Waals surface area (Å²) in [5.74, 6) is 2.50. The van der Waals surface area contributed by atoms with Crippen molar-refractivity contribution < 1.29 is 4.42 Å². The molecular formula is C11H18N2OS. The zero-order valence-electron chi connectivity index (χ0n) is 9.06. The Morgan fingerprint density at radius 3 is 3.13 bits per heavy atom. The Balaban J connectivity index is 2.05. The molecule has 1 aliphatic heterocycles. The van der Waals surface area contributed by atoms with Crippen molar-refractivity contribution in [1.82, 2.24) is 4.90 Å². The van der Waals surface area contributed by atoms with Gasteiger partial charge in [0.15, 0.2) is 0 Å². The number of likely N-dealkylation sites (N-methyl/N-ethyl adjacent to an activating group) is 1. The third kappa shape index (κ3) is 2.38. The van der Waals surface area contributed by atoms with Gasteiger partial charge < -0.3 is 10.2 Å². The van der Waals surface area contributed by atoms with E-state index >= 15 is 0 Å². The second-order valence-electron chi connectivity index (χ2n) is 3.99. The van der Waals surface area contributed by atoms with E-state index < -0.39 is 0 Å². The molecule has 1 aromatic heterocycles. The number of nitrogens with two attached hydrogens (primary N) is 1. The average molecular weight is 226 g/mol. The lowest BCUT2D eigenvalue weighted by Crippen LogP contribution is -2.38. The van der Waals surface area contributed by atoms with Crippen LogP contribution in [-0.4, -0.2) is 36.0 Å². The molecule has 0 saturated carbocycles. The van der Waals surface area contributed by atoms with Crippen molar-refractivity contribution in [3.05, 3.63) is 24.2 Å². The number of rotatable bonds is 4. The molecule has 4 heteroatoms. The third-order valence-corrected chi connectivity index (χ3v) is 4.27. The number of nitrogens with zero attached hydrogens (tertiary/aromatic N) is 1. The first kappa shape index (κ1) is 11.0. The maximum Gasteiger partial charge on any atom is 0.0950 e. The fourth-order valence-corrected chi connectivity index (χ4v) is 3.38. The van der Waals surface area contributed by atoms with Gasteiger partial charge in [-0.05, 0) is 25.3 Å². The van der Waals surface area contributed by atoms with Crippen LogP contribution in [0.25, 0.3) is 0 Å². The van der Waals surface area contributed by atoms with Crippen LogP contribution in [0.15, 0.2) is 23.0 Å². The van der Waals surface area contributed by atoms with Crippen LogP contribution in [0.4, 0.5) is 0 Å². The lowest BCUT2D eigenvalue weighted by Gasteiger charge is -2.31. The summed E-state index contributed by atoms with van der Waals surface area (Å²) in [5, 5.41) is 0. The van der Waals surface area contributed by atoms with Gasteiger partial charge in [0, 0.05) is 23.9 Å². The van der Waals surface area contributed by atoms with Gasteiger partial charge in [0.25, 0.3) is 0 Å². The number of thioether (sulfide) groups is 1. The molecule has 0 aromatic carbocycles. The predicted molar refractivity (Wildman–Crippen MR) is 64.0 cm³/mol. The predicted octanol–water partition coefficient (Wildman–Crippen LogP) is 1.72. The SMILES string of the molecule is CN(C1CCSC1)C(CN)c1ccoc1. The largest absolute Gasteiger partial charge is 0.472 e. The Bertz CT molecular complexity index is 283. The van der Waals surface area contributed by atoms with E-state index in [1.165, 1.54) is 23.5 Å². The molecule has 1 aromatic rings. The van der Waals surface area contributed by atoms with E-state index in [4.69, 9.17) is 10.2 Å². The van der Waals surface area contributed by atoms with Gasteiger partial charge in [-0.2, -0.15) is 11.8 Å². The number of hydrogen-bond donors (Lipinski definition) is 1. The molecule has 2 N–H and O–H groups in total. The lowest BCUT2D eigenvalue weighted by atomic mass is 10.1. The maximum absolute atomic E-state index is 5.84. The van der Waals surface area contributed by atoms with Crippen LogP contribution >= 0.6 is 11.8 Å². The first-order chi connectivity index (χ1) is 7.33. The van der Waals surface area contributed by atoms with E-state index in [-0.39, 0.29) is 0 Å². The first-order valence-corrected chi connectivity index (χ1v) is 6.50. The Hall–Kier alpha value is -0.450. The third-order valence-electron chi connectivity index (χ3n) is 3.12. The van der Waals surface area contributed by atoms with Gasteiger partial charge in [-0.25, -0.2) is 0 Å². The molecule has 1 saturated heterocycles. The standard InChI is InChI=1S/C11H18N2OS/c1-13(10-3-5-15-8-10)11(6-12)9-2-4-14-7-9/h2,4,7,10-11H,3,5-6,8,12H2,1H3. The van der Waals surface area contributed by atoms with E-state index in [0.29, 0.717) is 18.6 Å².